The Morgan fingerprint density at radius 2 is 1.88 bits per heavy atom. The molecule has 1 aromatic rings. The number of furan rings is 1. The molecule has 1 aromatic heterocycles. The van der Waals surface area contributed by atoms with Gasteiger partial charge in [-0.3, -0.25) is 0 Å². The lowest BCUT2D eigenvalue weighted by atomic mass is 10.3. The Labute approximate surface area is 85.8 Å². The summed E-state index contributed by atoms with van der Waals surface area (Å²) in [6.45, 7) is -1.03. The molecule has 0 radical (unpaired) electrons. The summed E-state index contributed by atoms with van der Waals surface area (Å²) in [6.07, 6.45) is -9.05. The first-order valence-electron chi connectivity index (χ1n) is 3.97. The molecule has 8 heteroatoms. The molecule has 0 saturated heterocycles. The van der Waals surface area contributed by atoms with Crippen molar-refractivity contribution in [1.29, 1.82) is 0 Å². The van der Waals surface area contributed by atoms with Crippen LogP contribution in [-0.2, 0) is 11.3 Å². The molecular formula is C8H6F6O2. The highest BCUT2D eigenvalue weighted by atomic mass is 19.4. The van der Waals surface area contributed by atoms with Crippen LogP contribution in [0, 0.1) is 0 Å². The summed E-state index contributed by atoms with van der Waals surface area (Å²) in [6, 6.07) is 2.47. The smallest absolute Gasteiger partial charge is 0.454 e. The van der Waals surface area contributed by atoms with E-state index >= 15 is 0 Å². The third kappa shape index (κ3) is 2.49. The first kappa shape index (κ1) is 12.9. The fourth-order valence-corrected chi connectivity index (χ4v) is 0.839. The highest BCUT2D eigenvalue weighted by Crippen LogP contribution is 2.40. The van der Waals surface area contributed by atoms with Crippen molar-refractivity contribution in [1.82, 2.24) is 0 Å². The highest BCUT2D eigenvalue weighted by molar-refractivity contribution is 4.96. The molecular weight excluding hydrogens is 242 g/mol. The van der Waals surface area contributed by atoms with Gasteiger partial charge in [-0.1, -0.05) is 0 Å². The molecule has 0 aromatic carbocycles. The van der Waals surface area contributed by atoms with Crippen molar-refractivity contribution in [3.63, 3.8) is 0 Å². The molecule has 0 N–H and O–H groups in total. The Bertz CT molecular complexity index is 320. The van der Waals surface area contributed by atoms with Crippen LogP contribution in [0.15, 0.2) is 22.8 Å². The second-order valence-electron chi connectivity index (χ2n) is 2.81. The van der Waals surface area contributed by atoms with Crippen LogP contribution in [0.5, 0.6) is 0 Å². The summed E-state index contributed by atoms with van der Waals surface area (Å²) in [4.78, 5) is 0. The first-order chi connectivity index (χ1) is 7.27. The van der Waals surface area contributed by atoms with Gasteiger partial charge in [0.15, 0.2) is 0 Å². The van der Waals surface area contributed by atoms with Crippen molar-refractivity contribution in [3.05, 3.63) is 24.2 Å². The minimum Gasteiger partial charge on any atom is -0.467 e. The normalized spacial score (nSPS) is 16.4. The highest BCUT2D eigenvalue weighted by Gasteiger charge is 2.64. The van der Waals surface area contributed by atoms with Crippen LogP contribution in [0.4, 0.5) is 26.3 Å². The molecule has 1 atom stereocenters. The van der Waals surface area contributed by atoms with Crippen molar-refractivity contribution in [2.75, 3.05) is 0 Å². The molecule has 0 aliphatic heterocycles. The fourth-order valence-electron chi connectivity index (χ4n) is 0.839. The summed E-state index contributed by atoms with van der Waals surface area (Å²) in [5.74, 6) is -5.17. The van der Waals surface area contributed by atoms with Gasteiger partial charge in [0, 0.05) is 0 Å². The summed E-state index contributed by atoms with van der Waals surface area (Å²) < 4.78 is 80.8. The van der Waals surface area contributed by atoms with Gasteiger partial charge in [0.05, 0.1) is 6.26 Å². The second-order valence-corrected chi connectivity index (χ2v) is 2.81. The van der Waals surface area contributed by atoms with Crippen LogP contribution in [0.2, 0.25) is 0 Å². The predicted octanol–water partition coefficient (Wildman–Crippen LogP) is 3.29. The van der Waals surface area contributed by atoms with E-state index in [1.165, 1.54) is 12.1 Å². The van der Waals surface area contributed by atoms with Crippen LogP contribution in [0.1, 0.15) is 5.76 Å². The van der Waals surface area contributed by atoms with E-state index in [2.05, 4.69) is 9.15 Å². The van der Waals surface area contributed by atoms with Gasteiger partial charge in [-0.15, -0.1) is 0 Å². The van der Waals surface area contributed by atoms with Gasteiger partial charge in [-0.25, -0.2) is 8.78 Å². The summed E-state index contributed by atoms with van der Waals surface area (Å²) in [7, 11) is 0. The molecule has 16 heavy (non-hydrogen) atoms. The first-order valence-corrected chi connectivity index (χ1v) is 3.97. The Morgan fingerprint density at radius 3 is 2.25 bits per heavy atom. The van der Waals surface area contributed by atoms with E-state index in [4.69, 9.17) is 0 Å². The molecule has 0 fully saturated rings. The number of hydrogen-bond donors (Lipinski definition) is 0. The maximum absolute atomic E-state index is 12.9. The van der Waals surface area contributed by atoms with Crippen molar-refractivity contribution in [3.8, 4) is 0 Å². The molecule has 1 heterocycles. The SMILES string of the molecule is FC(F)C(F)(OCc1ccco1)C(F)(F)F. The van der Waals surface area contributed by atoms with Crippen molar-refractivity contribution in [2.45, 2.75) is 25.1 Å². The number of alkyl halides is 6. The van der Waals surface area contributed by atoms with Crippen molar-refractivity contribution in [2.24, 2.45) is 0 Å². The quantitative estimate of drug-likeness (QED) is 0.763. The lowest BCUT2D eigenvalue weighted by Crippen LogP contribution is -2.49. The molecule has 0 aliphatic carbocycles. The van der Waals surface area contributed by atoms with Crippen molar-refractivity contribution >= 4 is 0 Å². The minimum atomic E-state index is -5.81. The van der Waals surface area contributed by atoms with E-state index in [-0.39, 0.29) is 5.76 Å². The third-order valence-corrected chi connectivity index (χ3v) is 1.67. The molecule has 92 valence electrons. The molecule has 0 aliphatic rings. The van der Waals surface area contributed by atoms with E-state index in [0.717, 1.165) is 6.26 Å². The number of ether oxygens (including phenoxy) is 1. The van der Waals surface area contributed by atoms with E-state index in [1.807, 2.05) is 0 Å². The number of hydrogen-bond acceptors (Lipinski definition) is 2. The van der Waals surface area contributed by atoms with Crippen LogP contribution >= 0.6 is 0 Å². The van der Waals surface area contributed by atoms with Crippen LogP contribution in [-0.4, -0.2) is 18.5 Å². The zero-order valence-corrected chi connectivity index (χ0v) is 7.60. The Morgan fingerprint density at radius 1 is 1.25 bits per heavy atom. The van der Waals surface area contributed by atoms with Gasteiger partial charge in [0.1, 0.15) is 12.4 Å². The Kier molecular flexibility index (Phi) is 3.51. The molecule has 0 bridgehead atoms. The largest absolute Gasteiger partial charge is 0.467 e. The van der Waals surface area contributed by atoms with E-state index < -0.39 is 25.1 Å². The van der Waals surface area contributed by atoms with Crippen molar-refractivity contribution < 1.29 is 35.5 Å². The van der Waals surface area contributed by atoms with E-state index in [0.29, 0.717) is 0 Å². The Hall–Kier alpha value is -1.18. The van der Waals surface area contributed by atoms with E-state index in [9.17, 15) is 26.3 Å². The molecule has 0 amide bonds. The molecule has 1 rings (SSSR count). The van der Waals surface area contributed by atoms with E-state index in [1.54, 1.807) is 0 Å². The zero-order chi connectivity index (χ0) is 12.4. The molecule has 2 nitrogen and oxygen atoms in total. The van der Waals surface area contributed by atoms with Gasteiger partial charge in [-0.05, 0) is 12.1 Å². The van der Waals surface area contributed by atoms with Gasteiger partial charge in [0.25, 0.3) is 0 Å². The molecule has 1 unspecified atom stereocenters. The lowest BCUT2D eigenvalue weighted by molar-refractivity contribution is -0.373. The molecule has 0 spiro atoms. The van der Waals surface area contributed by atoms with Gasteiger partial charge in [-0.2, -0.15) is 17.6 Å². The number of rotatable bonds is 4. The Balaban J connectivity index is 2.73. The zero-order valence-electron chi connectivity index (χ0n) is 7.60. The van der Waals surface area contributed by atoms with Gasteiger partial charge < -0.3 is 9.15 Å². The van der Waals surface area contributed by atoms with Gasteiger partial charge >= 0.3 is 18.5 Å². The van der Waals surface area contributed by atoms with Crippen LogP contribution < -0.4 is 0 Å². The van der Waals surface area contributed by atoms with Crippen LogP contribution in [0.3, 0.4) is 0 Å². The average Bonchev–Trinajstić information content (AvgIpc) is 2.64. The third-order valence-electron chi connectivity index (χ3n) is 1.67. The maximum atomic E-state index is 12.9. The maximum Gasteiger partial charge on any atom is 0.454 e. The monoisotopic (exact) mass is 248 g/mol. The summed E-state index contributed by atoms with van der Waals surface area (Å²) >= 11 is 0. The van der Waals surface area contributed by atoms with Crippen LogP contribution in [0.25, 0.3) is 0 Å². The fraction of sp³-hybridized carbons (Fsp3) is 0.500. The lowest BCUT2D eigenvalue weighted by Gasteiger charge is -2.26. The molecule has 0 saturated carbocycles. The second kappa shape index (κ2) is 4.36. The number of halogens is 6. The summed E-state index contributed by atoms with van der Waals surface area (Å²) in [5.41, 5.74) is 0. The minimum absolute atomic E-state index is 0.188. The average molecular weight is 248 g/mol. The van der Waals surface area contributed by atoms with Gasteiger partial charge in [0.2, 0.25) is 0 Å². The summed E-state index contributed by atoms with van der Waals surface area (Å²) in [5, 5.41) is 0. The topological polar surface area (TPSA) is 22.4 Å². The predicted molar refractivity (Wildman–Crippen MR) is 39.4 cm³/mol. The standard InChI is InChI=1S/C8H6F6O2/c9-6(10)7(11,8(12,13)14)16-4-5-2-1-3-15-5/h1-3,6H,4H2.